The Morgan fingerprint density at radius 1 is 1.31 bits per heavy atom. The molecule has 0 saturated heterocycles. The first kappa shape index (κ1) is 17.2. The van der Waals surface area contributed by atoms with Crippen LogP contribution in [0, 0.1) is 5.92 Å². The molecule has 0 radical (unpaired) electrons. The number of pyridine rings is 1. The Kier molecular flexibility index (Phi) is 5.03. The summed E-state index contributed by atoms with van der Waals surface area (Å²) < 4.78 is 2.59. The first-order valence-electron chi connectivity index (χ1n) is 8.83. The lowest BCUT2D eigenvalue weighted by Gasteiger charge is -2.31. The predicted octanol–water partition coefficient (Wildman–Crippen LogP) is 3.84. The normalized spacial score (nSPS) is 20.2. The molecule has 0 amide bonds. The van der Waals surface area contributed by atoms with E-state index in [0.717, 1.165) is 40.3 Å². The Balaban J connectivity index is 0.00000210. The van der Waals surface area contributed by atoms with Crippen molar-refractivity contribution in [2.24, 2.45) is 5.92 Å². The monoisotopic (exact) mass is 418 g/mol. The molecule has 0 spiro atoms. The molecule has 0 unspecified atom stereocenters. The molecule has 1 aliphatic carbocycles. The summed E-state index contributed by atoms with van der Waals surface area (Å²) in [6.45, 7) is 0.205. The van der Waals surface area contributed by atoms with Gasteiger partial charge >= 0.3 is 0 Å². The van der Waals surface area contributed by atoms with Gasteiger partial charge in [0.15, 0.2) is 5.65 Å². The zero-order valence-corrected chi connectivity index (χ0v) is 15.9. The average Bonchev–Trinajstić information content (AvgIpc) is 3.04. The minimum Gasteiger partial charge on any atom is -0.396 e. The predicted molar refractivity (Wildman–Crippen MR) is 107 cm³/mol. The van der Waals surface area contributed by atoms with Crippen LogP contribution < -0.4 is 10.6 Å². The molecule has 1 aliphatic rings. The second-order valence-corrected chi connectivity index (χ2v) is 7.45. The van der Waals surface area contributed by atoms with Crippen LogP contribution in [0.5, 0.6) is 0 Å². The molecule has 2 atom stereocenters. The molecule has 1 fully saturated rings. The van der Waals surface area contributed by atoms with Crippen LogP contribution in [0.2, 0.25) is 0 Å². The van der Waals surface area contributed by atoms with Gasteiger partial charge in [-0.3, -0.25) is 4.98 Å². The molecule has 1 saturated carbocycles. The van der Waals surface area contributed by atoms with E-state index >= 15 is 0 Å². The maximum absolute atomic E-state index is 9.67. The van der Waals surface area contributed by atoms with E-state index in [1.807, 2.05) is 18.2 Å². The minimum atomic E-state index is 0. The Hall–Kier alpha value is -2.19. The third kappa shape index (κ3) is 3.52. The highest BCUT2D eigenvalue weighted by molar-refractivity contribution is 9.10. The van der Waals surface area contributed by atoms with Crippen LogP contribution >= 0.6 is 15.9 Å². The number of nitrogens with zero attached hydrogens (tertiary/aromatic N) is 4. The fourth-order valence-electron chi connectivity index (χ4n) is 3.49. The molecule has 3 heterocycles. The number of aliphatic hydroxyl groups excluding tert-OH is 1. The summed E-state index contributed by atoms with van der Waals surface area (Å²) in [5.74, 6) is 1.84. The van der Waals surface area contributed by atoms with Crippen molar-refractivity contribution in [2.45, 2.75) is 31.7 Å². The number of halogens is 1. The van der Waals surface area contributed by atoms with E-state index in [-0.39, 0.29) is 20.0 Å². The number of nitrogens with one attached hydrogen (secondary N) is 2. The summed E-state index contributed by atoms with van der Waals surface area (Å²) in [6, 6.07) is 6.01. The quantitative estimate of drug-likeness (QED) is 0.583. The van der Waals surface area contributed by atoms with E-state index in [0.29, 0.717) is 0 Å². The Bertz CT molecular complexity index is 890. The smallest absolute Gasteiger partial charge is 0.173 e. The lowest BCUT2D eigenvalue weighted by atomic mass is 9.85. The molecule has 0 aliphatic heterocycles. The van der Waals surface area contributed by atoms with Gasteiger partial charge in [-0.05, 0) is 40.9 Å². The van der Waals surface area contributed by atoms with Gasteiger partial charge in [-0.2, -0.15) is 9.61 Å². The zero-order valence-electron chi connectivity index (χ0n) is 14.3. The molecule has 8 heteroatoms. The van der Waals surface area contributed by atoms with Gasteiger partial charge in [0.25, 0.3) is 0 Å². The van der Waals surface area contributed by atoms with E-state index in [1.165, 1.54) is 12.8 Å². The van der Waals surface area contributed by atoms with Gasteiger partial charge in [0.2, 0.25) is 0 Å². The van der Waals surface area contributed by atoms with Gasteiger partial charge in [0.1, 0.15) is 11.6 Å². The van der Waals surface area contributed by atoms with Crippen molar-refractivity contribution < 1.29 is 6.53 Å². The number of hydrogen-bond acceptors (Lipinski definition) is 6. The number of aliphatic hydroxyl groups is 1. The summed E-state index contributed by atoms with van der Waals surface area (Å²) in [6.07, 6.45) is 9.68. The van der Waals surface area contributed by atoms with Crippen molar-refractivity contribution in [3.8, 4) is 0 Å². The van der Waals surface area contributed by atoms with Gasteiger partial charge in [0.05, 0.1) is 22.6 Å². The molecule has 3 N–H and O–H groups in total. The average molecular weight is 419 g/mol. The molecule has 7 nitrogen and oxygen atoms in total. The van der Waals surface area contributed by atoms with Gasteiger partial charge in [0, 0.05) is 32.3 Å². The topological polar surface area (TPSA) is 87.4 Å². The Labute approximate surface area is 161 Å². The van der Waals surface area contributed by atoms with E-state index in [9.17, 15) is 5.11 Å². The van der Waals surface area contributed by atoms with Crippen LogP contribution in [0.1, 0.15) is 27.1 Å². The summed E-state index contributed by atoms with van der Waals surface area (Å²) in [4.78, 5) is 8.85. The molecule has 0 aromatic carbocycles. The van der Waals surface area contributed by atoms with Crippen LogP contribution in [0.25, 0.3) is 5.65 Å². The summed E-state index contributed by atoms with van der Waals surface area (Å²) >= 11 is 3.52. The molecule has 0 bridgehead atoms. The lowest BCUT2D eigenvalue weighted by Crippen LogP contribution is -2.34. The molecule has 138 valence electrons. The van der Waals surface area contributed by atoms with Crippen LogP contribution in [-0.4, -0.2) is 37.3 Å². The first-order valence-corrected chi connectivity index (χ1v) is 9.62. The van der Waals surface area contributed by atoms with Crippen molar-refractivity contribution in [1.29, 1.82) is 0 Å². The van der Waals surface area contributed by atoms with E-state index in [4.69, 9.17) is 4.98 Å². The molecule has 4 rings (SSSR count). The minimum absolute atomic E-state index is 0. The number of rotatable bonds is 5. The van der Waals surface area contributed by atoms with E-state index < -0.39 is 0 Å². The highest BCUT2D eigenvalue weighted by Gasteiger charge is 2.25. The van der Waals surface area contributed by atoms with Gasteiger partial charge in [-0.25, -0.2) is 4.98 Å². The fraction of sp³-hybridized carbons (Fsp3) is 0.389. The van der Waals surface area contributed by atoms with Crippen LogP contribution in [-0.2, 0) is 0 Å². The number of fused-ring (bicyclic) bond motifs is 1. The van der Waals surface area contributed by atoms with Crippen LogP contribution in [0.4, 0.5) is 17.3 Å². The lowest BCUT2D eigenvalue weighted by molar-refractivity contribution is 0.178. The van der Waals surface area contributed by atoms with Crippen molar-refractivity contribution in [3.63, 3.8) is 0 Å². The third-order valence-corrected chi connectivity index (χ3v) is 5.40. The van der Waals surface area contributed by atoms with Gasteiger partial charge < -0.3 is 15.7 Å². The van der Waals surface area contributed by atoms with Crippen molar-refractivity contribution in [1.82, 2.24) is 19.6 Å². The van der Waals surface area contributed by atoms with E-state index in [1.54, 1.807) is 23.1 Å². The molecular weight excluding hydrogens is 396 g/mol. The number of hydrogen-bond donors (Lipinski definition) is 3. The maximum atomic E-state index is 9.67. The molecule has 3 aromatic rings. The maximum Gasteiger partial charge on any atom is 0.173 e. The summed E-state index contributed by atoms with van der Waals surface area (Å²) in [5.41, 5.74) is 1.61. The summed E-state index contributed by atoms with van der Waals surface area (Å²) in [7, 11) is 0. The largest absolute Gasteiger partial charge is 0.396 e. The van der Waals surface area contributed by atoms with Crippen LogP contribution in [0.3, 0.4) is 0 Å². The fourth-order valence-corrected chi connectivity index (χ4v) is 3.84. The molecule has 26 heavy (non-hydrogen) atoms. The SMILES string of the molecule is OC[C@@H]1CCCC[C@H]1Nc1cc(Nc2cccnc2)n2ncc(Br)c2n1.[HH]. The highest BCUT2D eigenvalue weighted by Crippen LogP contribution is 2.29. The Morgan fingerprint density at radius 2 is 2.19 bits per heavy atom. The van der Waals surface area contributed by atoms with Gasteiger partial charge in [-0.1, -0.05) is 12.8 Å². The Morgan fingerprint density at radius 3 is 3.00 bits per heavy atom. The van der Waals surface area contributed by atoms with Crippen molar-refractivity contribution >= 4 is 38.9 Å². The number of aromatic nitrogens is 4. The summed E-state index contributed by atoms with van der Waals surface area (Å²) in [5, 5.41) is 20.9. The second kappa shape index (κ2) is 7.59. The molecular formula is C18H23BrN6O. The highest BCUT2D eigenvalue weighted by atomic mass is 79.9. The molecule has 3 aromatic heterocycles. The van der Waals surface area contributed by atoms with Crippen molar-refractivity contribution in [3.05, 3.63) is 41.3 Å². The van der Waals surface area contributed by atoms with Crippen molar-refractivity contribution in [2.75, 3.05) is 17.2 Å². The van der Waals surface area contributed by atoms with Crippen LogP contribution in [0.15, 0.2) is 41.3 Å². The second-order valence-electron chi connectivity index (χ2n) is 6.60. The third-order valence-electron chi connectivity index (χ3n) is 4.84. The van der Waals surface area contributed by atoms with E-state index in [2.05, 4.69) is 36.6 Å². The standard InChI is InChI=1S/C18H21BrN6O.H2/c19-14-10-21-25-17(22-13-5-3-7-20-9-13)8-16(24-18(14)25)23-15-6-2-1-4-12(15)11-26;/h3,5,7-10,12,15,22,26H,1-2,4,6,11H2,(H,23,24);1H/t12-,15+;/m0./s1. The first-order chi connectivity index (χ1) is 12.7. The zero-order chi connectivity index (χ0) is 17.9. The van der Waals surface area contributed by atoms with Gasteiger partial charge in [-0.15, -0.1) is 0 Å². The number of anilines is 3.